The lowest BCUT2D eigenvalue weighted by Gasteiger charge is -2.29. The van der Waals surface area contributed by atoms with Crippen LogP contribution in [0.2, 0.25) is 0 Å². The van der Waals surface area contributed by atoms with Gasteiger partial charge in [-0.3, -0.25) is 9.59 Å². The molecule has 0 aromatic carbocycles. The zero-order valence-corrected chi connectivity index (χ0v) is 18.9. The third-order valence-electron chi connectivity index (χ3n) is 6.60. The first-order valence-corrected chi connectivity index (χ1v) is 11.7. The van der Waals surface area contributed by atoms with Crippen LogP contribution in [-0.4, -0.2) is 51.9 Å². The van der Waals surface area contributed by atoms with Gasteiger partial charge in [0.15, 0.2) is 5.78 Å². The maximum absolute atomic E-state index is 12.4. The molecule has 3 aromatic heterocycles. The van der Waals surface area contributed by atoms with Crippen LogP contribution in [0.4, 0.5) is 17.5 Å². The molecule has 1 saturated heterocycles. The Morgan fingerprint density at radius 3 is 2.67 bits per heavy atom. The first-order valence-electron chi connectivity index (χ1n) is 11.7. The van der Waals surface area contributed by atoms with E-state index in [1.54, 1.807) is 6.07 Å². The fourth-order valence-corrected chi connectivity index (χ4v) is 4.79. The summed E-state index contributed by atoms with van der Waals surface area (Å²) in [6, 6.07) is 5.61. The number of nitrogens with one attached hydrogen (secondary N) is 3. The van der Waals surface area contributed by atoms with Crippen molar-refractivity contribution in [3.8, 4) is 0 Å². The number of Topliss-reactive ketones (excluding diaryl/α,β-unsaturated/α-hetero) is 1. The molecule has 3 N–H and O–H groups in total. The van der Waals surface area contributed by atoms with Gasteiger partial charge in [0.05, 0.1) is 23.1 Å². The maximum Gasteiger partial charge on any atom is 0.260 e. The largest absolute Gasteiger partial charge is 0.368 e. The molecule has 1 aliphatic heterocycles. The third-order valence-corrected chi connectivity index (χ3v) is 6.60. The van der Waals surface area contributed by atoms with E-state index in [-0.39, 0.29) is 11.3 Å². The maximum atomic E-state index is 12.4. The highest BCUT2D eigenvalue weighted by Crippen LogP contribution is 2.30. The molecule has 33 heavy (non-hydrogen) atoms. The zero-order valence-electron chi connectivity index (χ0n) is 18.9. The van der Waals surface area contributed by atoms with Gasteiger partial charge in [-0.15, -0.1) is 0 Å². The Morgan fingerprint density at radius 1 is 1.18 bits per heavy atom. The van der Waals surface area contributed by atoms with E-state index in [9.17, 15) is 9.59 Å². The van der Waals surface area contributed by atoms with E-state index in [4.69, 9.17) is 4.98 Å². The van der Waals surface area contributed by atoms with Gasteiger partial charge in [0, 0.05) is 31.6 Å². The SMILES string of the molecule is CC(=O)c1cc2c(CC3CCCC3)nc(Nc3ccc(N4CCNCC4)cn3)nc2[nH]c1=O. The van der Waals surface area contributed by atoms with Crippen LogP contribution in [0.25, 0.3) is 11.0 Å². The fourth-order valence-electron chi connectivity index (χ4n) is 4.79. The summed E-state index contributed by atoms with van der Waals surface area (Å²) in [6.07, 6.45) is 7.47. The first kappa shape index (κ1) is 21.5. The van der Waals surface area contributed by atoms with Gasteiger partial charge in [0.2, 0.25) is 5.95 Å². The second kappa shape index (κ2) is 9.27. The van der Waals surface area contributed by atoms with Crippen LogP contribution < -0.4 is 21.1 Å². The van der Waals surface area contributed by atoms with Crippen LogP contribution in [0, 0.1) is 5.92 Å². The van der Waals surface area contributed by atoms with Crippen LogP contribution in [0.5, 0.6) is 0 Å². The number of carbonyl (C=O) groups excluding carboxylic acids is 1. The molecule has 0 atom stereocenters. The Morgan fingerprint density at radius 2 is 1.97 bits per heavy atom. The van der Waals surface area contributed by atoms with Gasteiger partial charge in [0.1, 0.15) is 11.5 Å². The van der Waals surface area contributed by atoms with Crippen molar-refractivity contribution in [2.45, 2.75) is 39.0 Å². The predicted octanol–water partition coefficient (Wildman–Crippen LogP) is 2.80. The summed E-state index contributed by atoms with van der Waals surface area (Å²) in [5.41, 5.74) is 2.10. The number of aromatic nitrogens is 4. The average molecular weight is 448 g/mol. The second-order valence-electron chi connectivity index (χ2n) is 8.94. The molecular formula is C24H29N7O2. The predicted molar refractivity (Wildman–Crippen MR) is 128 cm³/mol. The average Bonchev–Trinajstić information content (AvgIpc) is 3.33. The van der Waals surface area contributed by atoms with Crippen LogP contribution in [0.1, 0.15) is 48.7 Å². The minimum atomic E-state index is -0.426. The molecule has 4 heterocycles. The number of carbonyl (C=O) groups is 1. The van der Waals surface area contributed by atoms with E-state index < -0.39 is 5.56 Å². The monoisotopic (exact) mass is 447 g/mol. The van der Waals surface area contributed by atoms with Crippen molar-refractivity contribution in [1.29, 1.82) is 0 Å². The lowest BCUT2D eigenvalue weighted by atomic mass is 9.99. The molecule has 3 aromatic rings. The van der Waals surface area contributed by atoms with E-state index in [1.165, 1.54) is 32.6 Å². The lowest BCUT2D eigenvalue weighted by molar-refractivity contribution is 0.101. The molecule has 0 spiro atoms. The standard InChI is InChI=1S/C24H29N7O2/c1-15(32)18-13-19-20(12-16-4-2-3-5-16)27-24(30-22(19)29-23(18)33)28-21-7-6-17(14-26-21)31-10-8-25-9-11-31/h6-7,13-14,16,25H,2-5,8-12H2,1H3,(H2,26,27,28,29,30,33). The topological polar surface area (TPSA) is 116 Å². The van der Waals surface area contributed by atoms with E-state index in [0.717, 1.165) is 49.4 Å². The minimum absolute atomic E-state index is 0.143. The van der Waals surface area contributed by atoms with Gasteiger partial charge in [-0.1, -0.05) is 25.7 Å². The normalized spacial score (nSPS) is 16.9. The van der Waals surface area contributed by atoms with E-state index >= 15 is 0 Å². The molecule has 0 unspecified atom stereocenters. The summed E-state index contributed by atoms with van der Waals surface area (Å²) in [5, 5.41) is 7.28. The van der Waals surface area contributed by atoms with E-state index in [2.05, 4.69) is 30.5 Å². The zero-order chi connectivity index (χ0) is 22.8. The van der Waals surface area contributed by atoms with Crippen molar-refractivity contribution in [2.24, 2.45) is 5.92 Å². The second-order valence-corrected chi connectivity index (χ2v) is 8.94. The fraction of sp³-hybridized carbons (Fsp3) is 0.458. The Balaban J connectivity index is 1.46. The van der Waals surface area contributed by atoms with Gasteiger partial charge in [-0.05, 0) is 37.5 Å². The highest BCUT2D eigenvalue weighted by molar-refractivity contribution is 5.97. The molecule has 0 bridgehead atoms. The van der Waals surface area contributed by atoms with Gasteiger partial charge in [0.25, 0.3) is 5.56 Å². The third kappa shape index (κ3) is 4.73. The van der Waals surface area contributed by atoms with Crippen molar-refractivity contribution in [3.05, 3.63) is 46.0 Å². The Kier molecular flexibility index (Phi) is 6.04. The summed E-state index contributed by atoms with van der Waals surface area (Å²) < 4.78 is 0. The van der Waals surface area contributed by atoms with Crippen molar-refractivity contribution < 1.29 is 4.79 Å². The van der Waals surface area contributed by atoms with Crippen molar-refractivity contribution in [1.82, 2.24) is 25.3 Å². The molecule has 9 heteroatoms. The molecule has 172 valence electrons. The van der Waals surface area contributed by atoms with Crippen molar-refractivity contribution in [3.63, 3.8) is 0 Å². The van der Waals surface area contributed by atoms with Gasteiger partial charge in [-0.25, -0.2) is 9.97 Å². The number of aromatic amines is 1. The molecule has 2 aliphatic rings. The van der Waals surface area contributed by atoms with Crippen molar-refractivity contribution in [2.75, 3.05) is 36.4 Å². The molecule has 0 amide bonds. The quantitative estimate of drug-likeness (QED) is 0.494. The highest BCUT2D eigenvalue weighted by Gasteiger charge is 2.20. The summed E-state index contributed by atoms with van der Waals surface area (Å²) in [4.78, 5) is 43.3. The number of ketones is 1. The number of hydrogen-bond donors (Lipinski definition) is 3. The van der Waals surface area contributed by atoms with Gasteiger partial charge in [-0.2, -0.15) is 4.98 Å². The van der Waals surface area contributed by atoms with Gasteiger partial charge < -0.3 is 20.5 Å². The number of anilines is 3. The van der Waals surface area contributed by atoms with Crippen LogP contribution in [-0.2, 0) is 6.42 Å². The van der Waals surface area contributed by atoms with E-state index in [0.29, 0.717) is 23.3 Å². The number of H-pyrrole nitrogens is 1. The van der Waals surface area contributed by atoms with E-state index in [1.807, 2.05) is 18.3 Å². The summed E-state index contributed by atoms with van der Waals surface area (Å²) in [7, 11) is 0. The first-order chi connectivity index (χ1) is 16.1. The molecule has 0 radical (unpaired) electrons. The number of rotatable bonds is 6. The Bertz CT molecular complexity index is 1210. The minimum Gasteiger partial charge on any atom is -0.368 e. The summed E-state index contributed by atoms with van der Waals surface area (Å²) >= 11 is 0. The van der Waals surface area contributed by atoms with Crippen LogP contribution in [0.15, 0.2) is 29.2 Å². The Labute approximate surface area is 192 Å². The summed E-state index contributed by atoms with van der Waals surface area (Å²) in [6.45, 7) is 5.26. The molecule has 1 saturated carbocycles. The van der Waals surface area contributed by atoms with Crippen LogP contribution >= 0.6 is 0 Å². The molecular weight excluding hydrogens is 418 g/mol. The molecule has 9 nitrogen and oxygen atoms in total. The molecule has 5 rings (SSSR count). The number of fused-ring (bicyclic) bond motifs is 1. The van der Waals surface area contributed by atoms with Crippen molar-refractivity contribution >= 4 is 34.3 Å². The highest BCUT2D eigenvalue weighted by atomic mass is 16.1. The van der Waals surface area contributed by atoms with Crippen LogP contribution in [0.3, 0.4) is 0 Å². The number of hydrogen-bond acceptors (Lipinski definition) is 8. The Hall–Kier alpha value is -3.33. The number of nitrogens with zero attached hydrogens (tertiary/aromatic N) is 4. The van der Waals surface area contributed by atoms with Gasteiger partial charge >= 0.3 is 0 Å². The lowest BCUT2D eigenvalue weighted by Crippen LogP contribution is -2.43. The molecule has 2 fully saturated rings. The number of piperazine rings is 1. The number of pyridine rings is 2. The molecule has 1 aliphatic carbocycles. The summed E-state index contributed by atoms with van der Waals surface area (Å²) in [5.74, 6) is 1.33. The smallest absolute Gasteiger partial charge is 0.260 e.